The second-order valence-corrected chi connectivity index (χ2v) is 5.85. The number of para-hydroxylation sites is 1. The molecule has 17 heavy (non-hydrogen) atoms. The lowest BCUT2D eigenvalue weighted by Crippen LogP contribution is -2.41. The van der Waals surface area contributed by atoms with Crippen LogP contribution in [0.25, 0.3) is 0 Å². The van der Waals surface area contributed by atoms with Gasteiger partial charge in [-0.1, -0.05) is 48.0 Å². The van der Waals surface area contributed by atoms with Crippen molar-refractivity contribution in [3.05, 3.63) is 29.8 Å². The molecular formula is C14H18BrNO. The SMILES string of the molecule is CC(C)C(Br)C(=O)N1CCCc2ccccc21. The molecule has 0 radical (unpaired) electrons. The fraction of sp³-hybridized carbons (Fsp3) is 0.500. The van der Waals surface area contributed by atoms with E-state index in [2.05, 4.69) is 35.8 Å². The minimum Gasteiger partial charge on any atom is -0.311 e. The summed E-state index contributed by atoms with van der Waals surface area (Å²) in [6.45, 7) is 4.96. The van der Waals surface area contributed by atoms with Crippen molar-refractivity contribution in [3.8, 4) is 0 Å². The van der Waals surface area contributed by atoms with E-state index in [1.807, 2.05) is 23.1 Å². The molecule has 1 atom stereocenters. The Morgan fingerprint density at radius 1 is 1.35 bits per heavy atom. The van der Waals surface area contributed by atoms with Crippen LogP contribution in [0.2, 0.25) is 0 Å². The van der Waals surface area contributed by atoms with Gasteiger partial charge in [0, 0.05) is 12.2 Å². The van der Waals surface area contributed by atoms with Crippen molar-refractivity contribution in [3.63, 3.8) is 0 Å². The second-order valence-electron chi connectivity index (χ2n) is 4.87. The van der Waals surface area contributed by atoms with Crippen molar-refractivity contribution < 1.29 is 4.79 Å². The topological polar surface area (TPSA) is 20.3 Å². The highest BCUT2D eigenvalue weighted by Crippen LogP contribution is 2.29. The predicted octanol–water partition coefficient (Wildman–Crippen LogP) is 3.39. The number of halogens is 1. The molecule has 0 fully saturated rings. The number of alkyl halides is 1. The molecule has 1 amide bonds. The third kappa shape index (κ3) is 2.54. The van der Waals surface area contributed by atoms with E-state index in [0.717, 1.165) is 25.1 Å². The summed E-state index contributed by atoms with van der Waals surface area (Å²) < 4.78 is 0. The number of aryl methyl sites for hydroxylation is 1. The smallest absolute Gasteiger partial charge is 0.241 e. The zero-order chi connectivity index (χ0) is 12.4. The molecule has 1 aromatic rings. The maximum Gasteiger partial charge on any atom is 0.241 e. The summed E-state index contributed by atoms with van der Waals surface area (Å²) >= 11 is 3.50. The zero-order valence-electron chi connectivity index (χ0n) is 10.3. The van der Waals surface area contributed by atoms with Crippen molar-refractivity contribution in [2.75, 3.05) is 11.4 Å². The van der Waals surface area contributed by atoms with Gasteiger partial charge in [0.1, 0.15) is 0 Å². The van der Waals surface area contributed by atoms with Gasteiger partial charge in [0.15, 0.2) is 0 Å². The molecule has 2 rings (SSSR count). The Morgan fingerprint density at radius 3 is 2.76 bits per heavy atom. The summed E-state index contributed by atoms with van der Waals surface area (Å²) in [5.41, 5.74) is 2.38. The number of fused-ring (bicyclic) bond motifs is 1. The van der Waals surface area contributed by atoms with Gasteiger partial charge in [-0.25, -0.2) is 0 Å². The summed E-state index contributed by atoms with van der Waals surface area (Å²) in [7, 11) is 0. The third-order valence-electron chi connectivity index (χ3n) is 3.20. The highest BCUT2D eigenvalue weighted by atomic mass is 79.9. The minimum atomic E-state index is -0.0892. The number of nitrogens with zero attached hydrogens (tertiary/aromatic N) is 1. The van der Waals surface area contributed by atoms with Crippen molar-refractivity contribution in [1.82, 2.24) is 0 Å². The summed E-state index contributed by atoms with van der Waals surface area (Å²) in [6.07, 6.45) is 2.13. The lowest BCUT2D eigenvalue weighted by atomic mass is 10.0. The number of carbonyl (C=O) groups is 1. The Balaban J connectivity index is 2.27. The van der Waals surface area contributed by atoms with E-state index in [4.69, 9.17) is 0 Å². The van der Waals surface area contributed by atoms with Crippen molar-refractivity contribution in [2.24, 2.45) is 5.92 Å². The van der Waals surface area contributed by atoms with Gasteiger partial charge in [-0.05, 0) is 30.4 Å². The monoisotopic (exact) mass is 295 g/mol. The maximum atomic E-state index is 12.4. The quantitative estimate of drug-likeness (QED) is 0.766. The van der Waals surface area contributed by atoms with Crippen LogP contribution in [-0.2, 0) is 11.2 Å². The Morgan fingerprint density at radius 2 is 2.06 bits per heavy atom. The van der Waals surface area contributed by atoms with E-state index in [1.165, 1.54) is 5.56 Å². The molecule has 0 aliphatic carbocycles. The van der Waals surface area contributed by atoms with Crippen molar-refractivity contribution in [1.29, 1.82) is 0 Å². The molecule has 2 nitrogen and oxygen atoms in total. The minimum absolute atomic E-state index is 0.0892. The van der Waals surface area contributed by atoms with Crippen LogP contribution in [0.5, 0.6) is 0 Å². The summed E-state index contributed by atoms with van der Waals surface area (Å²) in [6, 6.07) is 8.21. The average molecular weight is 296 g/mol. The normalized spacial score (nSPS) is 16.8. The first-order chi connectivity index (χ1) is 8.11. The van der Waals surface area contributed by atoms with Gasteiger partial charge in [0.05, 0.1) is 4.83 Å². The van der Waals surface area contributed by atoms with Gasteiger partial charge in [0.25, 0.3) is 0 Å². The number of anilines is 1. The first-order valence-electron chi connectivity index (χ1n) is 6.14. The largest absolute Gasteiger partial charge is 0.311 e. The van der Waals surface area contributed by atoms with E-state index in [1.54, 1.807) is 0 Å². The Labute approximate surface area is 111 Å². The van der Waals surface area contributed by atoms with Crippen molar-refractivity contribution in [2.45, 2.75) is 31.5 Å². The Bertz CT molecular complexity index is 416. The lowest BCUT2D eigenvalue weighted by molar-refractivity contribution is -0.118. The highest BCUT2D eigenvalue weighted by molar-refractivity contribution is 9.10. The number of hydrogen-bond donors (Lipinski definition) is 0. The van der Waals surface area contributed by atoms with Crippen LogP contribution in [0.4, 0.5) is 5.69 Å². The fourth-order valence-electron chi connectivity index (χ4n) is 2.20. The molecule has 0 spiro atoms. The Kier molecular flexibility index (Phi) is 3.87. The summed E-state index contributed by atoms with van der Waals surface area (Å²) in [5.74, 6) is 0.503. The van der Waals surface area contributed by atoms with Gasteiger partial charge in [-0.15, -0.1) is 0 Å². The number of amides is 1. The van der Waals surface area contributed by atoms with Crippen molar-refractivity contribution >= 4 is 27.5 Å². The number of carbonyl (C=O) groups excluding carboxylic acids is 1. The lowest BCUT2D eigenvalue weighted by Gasteiger charge is -2.31. The summed E-state index contributed by atoms with van der Waals surface area (Å²) in [5, 5.41) is 0. The molecule has 0 aromatic heterocycles. The molecule has 3 heteroatoms. The van der Waals surface area contributed by atoms with Crippen LogP contribution in [0.15, 0.2) is 24.3 Å². The van der Waals surface area contributed by atoms with Gasteiger partial charge in [-0.3, -0.25) is 4.79 Å². The Hall–Kier alpha value is -0.830. The van der Waals surface area contributed by atoms with Gasteiger partial charge in [-0.2, -0.15) is 0 Å². The number of hydrogen-bond acceptors (Lipinski definition) is 1. The van der Waals surface area contributed by atoms with E-state index in [0.29, 0.717) is 5.92 Å². The van der Waals surface area contributed by atoms with E-state index in [-0.39, 0.29) is 10.7 Å². The first kappa shape index (κ1) is 12.6. The van der Waals surface area contributed by atoms with E-state index < -0.39 is 0 Å². The van der Waals surface area contributed by atoms with Gasteiger partial charge >= 0.3 is 0 Å². The van der Waals surface area contributed by atoms with Crippen LogP contribution in [0.1, 0.15) is 25.8 Å². The zero-order valence-corrected chi connectivity index (χ0v) is 11.9. The van der Waals surface area contributed by atoms with Crippen LogP contribution in [-0.4, -0.2) is 17.3 Å². The molecule has 1 aliphatic rings. The maximum absolute atomic E-state index is 12.4. The number of rotatable bonds is 2. The first-order valence-corrected chi connectivity index (χ1v) is 7.06. The fourth-order valence-corrected chi connectivity index (χ4v) is 2.44. The predicted molar refractivity (Wildman–Crippen MR) is 74.7 cm³/mol. The van der Waals surface area contributed by atoms with Gasteiger partial charge < -0.3 is 4.90 Å². The molecular weight excluding hydrogens is 278 g/mol. The molecule has 1 unspecified atom stereocenters. The molecule has 0 N–H and O–H groups in total. The average Bonchev–Trinajstić information content (AvgIpc) is 2.36. The van der Waals surface area contributed by atoms with Crippen LogP contribution in [0, 0.1) is 5.92 Å². The van der Waals surface area contributed by atoms with Crippen LogP contribution < -0.4 is 4.90 Å². The third-order valence-corrected chi connectivity index (χ3v) is 4.65. The van der Waals surface area contributed by atoms with Gasteiger partial charge in [0.2, 0.25) is 5.91 Å². The van der Waals surface area contributed by atoms with Crippen LogP contribution >= 0.6 is 15.9 Å². The molecule has 0 bridgehead atoms. The molecule has 1 aliphatic heterocycles. The molecule has 0 saturated carbocycles. The highest BCUT2D eigenvalue weighted by Gasteiger charge is 2.28. The number of benzene rings is 1. The second kappa shape index (κ2) is 5.21. The van der Waals surface area contributed by atoms with E-state index >= 15 is 0 Å². The standard InChI is InChI=1S/C14H18BrNO/c1-10(2)13(15)14(17)16-9-5-7-11-6-3-4-8-12(11)16/h3-4,6,8,10,13H,5,7,9H2,1-2H3. The summed E-state index contributed by atoms with van der Waals surface area (Å²) in [4.78, 5) is 14.2. The molecule has 1 aromatic carbocycles. The molecule has 0 saturated heterocycles. The molecule has 1 heterocycles. The van der Waals surface area contributed by atoms with Crippen LogP contribution in [0.3, 0.4) is 0 Å². The molecule has 92 valence electrons. The van der Waals surface area contributed by atoms with E-state index in [9.17, 15) is 4.79 Å².